The highest BCUT2D eigenvalue weighted by Crippen LogP contribution is 2.50. The van der Waals surface area contributed by atoms with Crippen molar-refractivity contribution in [2.45, 2.75) is 110 Å². The number of aliphatic hydroxyl groups excluding tert-OH is 2. The average Bonchev–Trinajstić information content (AvgIpc) is 3.31. The second kappa shape index (κ2) is 15.4. The second-order valence-corrected chi connectivity index (χ2v) is 10.1. The molecule has 0 aromatic heterocycles. The van der Waals surface area contributed by atoms with E-state index in [0.29, 0.717) is 31.3 Å². The molecule has 2 N–H and O–H groups in total. The molecule has 0 heterocycles. The van der Waals surface area contributed by atoms with Gasteiger partial charge < -0.3 is 14.9 Å². The Bertz CT molecular complexity index is 698. The molecule has 0 spiro atoms. The smallest absolute Gasteiger partial charge is 0.305 e. The SMILES string of the molecule is CC#CCC(C)[C@H](O)C=C[C@@H]1[C@H]2CC(=CCCCC(=O)OCCCCCCC)C[C@H]2C[C@H]1O. The number of fused-ring (bicyclic) bond motifs is 1. The Morgan fingerprint density at radius 3 is 2.76 bits per heavy atom. The monoisotopic (exact) mass is 458 g/mol. The third-order valence-corrected chi connectivity index (χ3v) is 7.35. The predicted octanol–water partition coefficient (Wildman–Crippen LogP) is 5.97. The lowest BCUT2D eigenvalue weighted by Gasteiger charge is -2.19. The zero-order chi connectivity index (χ0) is 24.1. The Hall–Kier alpha value is -1.57. The zero-order valence-corrected chi connectivity index (χ0v) is 21.1. The van der Waals surface area contributed by atoms with Gasteiger partial charge in [-0.3, -0.25) is 4.79 Å². The minimum atomic E-state index is -0.524. The van der Waals surface area contributed by atoms with Crippen LogP contribution in [-0.4, -0.2) is 35.0 Å². The molecule has 2 aliphatic rings. The van der Waals surface area contributed by atoms with Gasteiger partial charge in [0, 0.05) is 18.8 Å². The zero-order valence-electron chi connectivity index (χ0n) is 21.1. The molecule has 0 aromatic carbocycles. The Balaban J connectivity index is 1.69. The molecule has 2 aliphatic carbocycles. The Morgan fingerprint density at radius 2 is 2.00 bits per heavy atom. The van der Waals surface area contributed by atoms with Crippen LogP contribution in [0.1, 0.15) is 97.8 Å². The molecule has 0 bridgehead atoms. The summed E-state index contributed by atoms with van der Waals surface area (Å²) in [6.07, 6.45) is 17.1. The first-order valence-corrected chi connectivity index (χ1v) is 13.2. The molecule has 186 valence electrons. The molecule has 2 saturated carbocycles. The maximum Gasteiger partial charge on any atom is 0.305 e. The van der Waals surface area contributed by atoms with Crippen LogP contribution in [0.3, 0.4) is 0 Å². The van der Waals surface area contributed by atoms with E-state index in [1.165, 1.54) is 24.8 Å². The summed E-state index contributed by atoms with van der Waals surface area (Å²) in [6, 6.07) is 0. The fraction of sp³-hybridized carbons (Fsp3) is 0.759. The van der Waals surface area contributed by atoms with Crippen LogP contribution in [0.2, 0.25) is 0 Å². The van der Waals surface area contributed by atoms with Gasteiger partial charge in [-0.05, 0) is 63.2 Å². The molecule has 0 amide bonds. The summed E-state index contributed by atoms with van der Waals surface area (Å²) in [5.41, 5.74) is 1.46. The first-order valence-electron chi connectivity index (χ1n) is 13.2. The number of unbranched alkanes of at least 4 members (excludes halogenated alkanes) is 5. The number of carbonyl (C=O) groups is 1. The van der Waals surface area contributed by atoms with Crippen molar-refractivity contribution in [2.75, 3.05) is 6.61 Å². The molecule has 2 fully saturated rings. The van der Waals surface area contributed by atoms with Crippen molar-refractivity contribution in [2.24, 2.45) is 23.7 Å². The van der Waals surface area contributed by atoms with Crippen LogP contribution in [0.15, 0.2) is 23.8 Å². The summed E-state index contributed by atoms with van der Waals surface area (Å²) in [4.78, 5) is 11.9. The van der Waals surface area contributed by atoms with E-state index in [4.69, 9.17) is 4.74 Å². The molecular formula is C29H46O4. The first-order chi connectivity index (χ1) is 16.0. The molecule has 0 aliphatic heterocycles. The number of carbonyl (C=O) groups excluding carboxylic acids is 1. The molecule has 6 atom stereocenters. The number of aliphatic hydroxyl groups is 2. The standard InChI is InChI=1S/C29H46O4/c1-4-6-8-9-12-18-33-29(32)15-11-10-14-23-19-24-21-28(31)25(26(24)20-23)16-17-27(30)22(3)13-7-5-2/h14,16-17,22,24-28,30-31H,4,6,8-13,15,18-21H2,1-3H3/t22?,24-,25+,26-,27+,28+/m0/s1. The average molecular weight is 459 g/mol. The van der Waals surface area contributed by atoms with Crippen molar-refractivity contribution in [3.63, 3.8) is 0 Å². The molecule has 4 heteroatoms. The molecule has 0 saturated heterocycles. The molecule has 0 aromatic rings. The molecule has 1 unspecified atom stereocenters. The summed E-state index contributed by atoms with van der Waals surface area (Å²) in [5.74, 6) is 7.03. The molecule has 4 nitrogen and oxygen atoms in total. The lowest BCUT2D eigenvalue weighted by molar-refractivity contribution is -0.143. The van der Waals surface area contributed by atoms with Crippen LogP contribution in [0, 0.1) is 35.5 Å². The lowest BCUT2D eigenvalue weighted by Crippen LogP contribution is -2.19. The van der Waals surface area contributed by atoms with E-state index >= 15 is 0 Å². The van der Waals surface area contributed by atoms with E-state index in [1.54, 1.807) is 0 Å². The predicted molar refractivity (Wildman–Crippen MR) is 134 cm³/mol. The summed E-state index contributed by atoms with van der Waals surface area (Å²) < 4.78 is 5.34. The number of allylic oxidation sites excluding steroid dienone is 2. The van der Waals surface area contributed by atoms with Gasteiger partial charge in [0.1, 0.15) is 0 Å². The molecular weight excluding hydrogens is 412 g/mol. The fourth-order valence-corrected chi connectivity index (χ4v) is 5.27. The van der Waals surface area contributed by atoms with Crippen LogP contribution in [0.5, 0.6) is 0 Å². The van der Waals surface area contributed by atoms with Gasteiger partial charge in [-0.1, -0.05) is 63.3 Å². The minimum absolute atomic E-state index is 0.0711. The van der Waals surface area contributed by atoms with E-state index in [2.05, 4.69) is 30.9 Å². The number of esters is 1. The number of hydrogen-bond acceptors (Lipinski definition) is 4. The molecule has 33 heavy (non-hydrogen) atoms. The minimum Gasteiger partial charge on any atom is -0.466 e. The van der Waals surface area contributed by atoms with E-state index in [0.717, 1.165) is 44.9 Å². The van der Waals surface area contributed by atoms with Gasteiger partial charge in [-0.15, -0.1) is 11.8 Å². The number of hydrogen-bond donors (Lipinski definition) is 2. The summed E-state index contributed by atoms with van der Waals surface area (Å²) in [5, 5.41) is 20.9. The maximum absolute atomic E-state index is 11.9. The second-order valence-electron chi connectivity index (χ2n) is 10.1. The quantitative estimate of drug-likeness (QED) is 0.146. The van der Waals surface area contributed by atoms with Gasteiger partial charge in [0.15, 0.2) is 0 Å². The van der Waals surface area contributed by atoms with Gasteiger partial charge in [0.2, 0.25) is 0 Å². The first kappa shape index (κ1) is 27.7. The van der Waals surface area contributed by atoms with Gasteiger partial charge >= 0.3 is 5.97 Å². The molecule has 0 radical (unpaired) electrons. The topological polar surface area (TPSA) is 66.8 Å². The Labute approximate surface area is 201 Å². The summed E-state index contributed by atoms with van der Waals surface area (Å²) >= 11 is 0. The van der Waals surface area contributed by atoms with Crippen LogP contribution < -0.4 is 0 Å². The number of rotatable bonds is 14. The highest BCUT2D eigenvalue weighted by Gasteiger charge is 2.44. The third-order valence-electron chi connectivity index (χ3n) is 7.35. The van der Waals surface area contributed by atoms with E-state index in [9.17, 15) is 15.0 Å². The summed E-state index contributed by atoms with van der Waals surface area (Å²) in [7, 11) is 0. The fourth-order valence-electron chi connectivity index (χ4n) is 5.27. The largest absolute Gasteiger partial charge is 0.466 e. The van der Waals surface area contributed by atoms with E-state index < -0.39 is 6.10 Å². The van der Waals surface area contributed by atoms with Crippen LogP contribution in [0.25, 0.3) is 0 Å². The van der Waals surface area contributed by atoms with Gasteiger partial charge in [-0.25, -0.2) is 0 Å². The highest BCUT2D eigenvalue weighted by molar-refractivity contribution is 5.69. The van der Waals surface area contributed by atoms with Crippen LogP contribution >= 0.6 is 0 Å². The van der Waals surface area contributed by atoms with Crippen LogP contribution in [0.4, 0.5) is 0 Å². The van der Waals surface area contributed by atoms with Crippen molar-refractivity contribution in [1.82, 2.24) is 0 Å². The van der Waals surface area contributed by atoms with E-state index in [1.807, 2.05) is 19.9 Å². The number of ether oxygens (including phenoxy) is 1. The van der Waals surface area contributed by atoms with Crippen molar-refractivity contribution >= 4 is 5.97 Å². The third kappa shape index (κ3) is 9.67. The van der Waals surface area contributed by atoms with Crippen molar-refractivity contribution < 1.29 is 19.7 Å². The summed E-state index contributed by atoms with van der Waals surface area (Å²) in [6.45, 7) is 6.58. The van der Waals surface area contributed by atoms with Gasteiger partial charge in [-0.2, -0.15) is 0 Å². The van der Waals surface area contributed by atoms with Crippen molar-refractivity contribution in [3.8, 4) is 11.8 Å². The Morgan fingerprint density at radius 1 is 1.21 bits per heavy atom. The van der Waals surface area contributed by atoms with Gasteiger partial charge in [0.25, 0.3) is 0 Å². The normalized spacial score (nSPS) is 27.4. The Kier molecular flexibility index (Phi) is 12.9. The maximum atomic E-state index is 11.9. The van der Waals surface area contributed by atoms with Crippen molar-refractivity contribution in [3.05, 3.63) is 23.8 Å². The van der Waals surface area contributed by atoms with Crippen LogP contribution in [-0.2, 0) is 9.53 Å². The van der Waals surface area contributed by atoms with Gasteiger partial charge in [0.05, 0.1) is 18.8 Å². The van der Waals surface area contributed by atoms with Crippen molar-refractivity contribution in [1.29, 1.82) is 0 Å². The highest BCUT2D eigenvalue weighted by atomic mass is 16.5. The molecule has 2 rings (SSSR count). The van der Waals surface area contributed by atoms with E-state index in [-0.39, 0.29) is 23.9 Å². The lowest BCUT2D eigenvalue weighted by atomic mass is 9.89.